The summed E-state index contributed by atoms with van der Waals surface area (Å²) < 4.78 is 0. The number of piperazine rings is 1. The number of β-amino-alcohol motifs (C(OH)–C–C–N with tert-alkyl or cyclic N) is 1. The van der Waals surface area contributed by atoms with E-state index in [0.29, 0.717) is 13.1 Å². The van der Waals surface area contributed by atoms with Gasteiger partial charge in [-0.05, 0) is 38.0 Å². The summed E-state index contributed by atoms with van der Waals surface area (Å²) >= 11 is 0. The quantitative estimate of drug-likeness (QED) is 0.555. The van der Waals surface area contributed by atoms with Gasteiger partial charge in [0.05, 0.1) is 6.10 Å². The maximum atomic E-state index is 12.5. The van der Waals surface area contributed by atoms with Crippen LogP contribution in [0.1, 0.15) is 39.0 Å². The van der Waals surface area contributed by atoms with Gasteiger partial charge in [-0.15, -0.1) is 0 Å². The van der Waals surface area contributed by atoms with Crippen LogP contribution in [-0.4, -0.2) is 93.1 Å². The van der Waals surface area contributed by atoms with Gasteiger partial charge in [-0.3, -0.25) is 19.3 Å². The number of piperidine rings is 1. The number of amides is 4. The van der Waals surface area contributed by atoms with Gasteiger partial charge in [-0.25, -0.2) is 4.79 Å². The Labute approximate surface area is 163 Å². The fraction of sp³-hybridized carbons (Fsp3) is 0.778. The molecule has 2 heterocycles. The minimum Gasteiger partial charge on any atom is -0.465 e. The smallest absolute Gasteiger partial charge is 0.408 e. The maximum Gasteiger partial charge on any atom is 0.408 e. The molecule has 3 rings (SSSR count). The van der Waals surface area contributed by atoms with E-state index in [1.165, 1.54) is 11.8 Å². The molecule has 4 amide bonds. The molecule has 0 aromatic heterocycles. The number of likely N-dealkylation sites (tertiary alicyclic amines) is 1. The molecule has 2 saturated heterocycles. The summed E-state index contributed by atoms with van der Waals surface area (Å²) in [4.78, 5) is 52.1. The van der Waals surface area contributed by atoms with Crippen molar-refractivity contribution in [3.8, 4) is 0 Å². The number of carbonyl (C=O) groups excluding carboxylic acids is 3. The van der Waals surface area contributed by atoms with E-state index in [4.69, 9.17) is 10.8 Å². The van der Waals surface area contributed by atoms with E-state index < -0.39 is 36.1 Å². The van der Waals surface area contributed by atoms with E-state index in [-0.39, 0.29) is 37.3 Å². The Bertz CT molecular complexity index is 679. The van der Waals surface area contributed by atoms with Crippen LogP contribution in [0.15, 0.2) is 0 Å². The number of nitrogens with zero attached hydrogens (tertiary/aromatic N) is 3. The summed E-state index contributed by atoms with van der Waals surface area (Å²) in [5.41, 5.74) is 5.47. The van der Waals surface area contributed by atoms with Gasteiger partial charge in [0.15, 0.2) is 0 Å². The molecule has 2 unspecified atom stereocenters. The summed E-state index contributed by atoms with van der Waals surface area (Å²) in [7, 11) is 0. The lowest BCUT2D eigenvalue weighted by atomic mass is 9.90. The summed E-state index contributed by atoms with van der Waals surface area (Å²) in [6, 6.07) is -1.87. The highest BCUT2D eigenvalue weighted by Gasteiger charge is 2.51. The molecule has 0 bridgehead atoms. The SMILES string of the molecule is CC1C(=O)N([C@@H](CCC(=O)N2CCC3(CC3)C(O)C2)C(N)=O)CCN1C(=O)O. The molecule has 4 N–H and O–H groups in total. The van der Waals surface area contributed by atoms with Gasteiger partial charge in [-0.2, -0.15) is 0 Å². The third-order valence-electron chi connectivity index (χ3n) is 6.50. The molecule has 0 radical (unpaired) electrons. The topological polar surface area (TPSA) is 144 Å². The fourth-order valence-corrected chi connectivity index (χ4v) is 4.32. The van der Waals surface area contributed by atoms with E-state index in [0.717, 1.165) is 24.2 Å². The molecule has 10 heteroatoms. The normalized spacial score (nSPS) is 27.6. The zero-order valence-corrected chi connectivity index (χ0v) is 16.0. The fourth-order valence-electron chi connectivity index (χ4n) is 4.32. The lowest BCUT2D eigenvalue weighted by Gasteiger charge is -2.41. The van der Waals surface area contributed by atoms with Crippen molar-refractivity contribution in [3.63, 3.8) is 0 Å². The third kappa shape index (κ3) is 3.78. The Kier molecular flexibility index (Phi) is 5.51. The van der Waals surface area contributed by atoms with Crippen molar-refractivity contribution in [2.24, 2.45) is 11.1 Å². The number of hydrogen-bond donors (Lipinski definition) is 3. The summed E-state index contributed by atoms with van der Waals surface area (Å²) in [5.74, 6) is -1.38. The van der Waals surface area contributed by atoms with Gasteiger partial charge >= 0.3 is 6.09 Å². The molecule has 1 aliphatic carbocycles. The number of primary amides is 1. The molecule has 2 aliphatic heterocycles. The molecule has 1 saturated carbocycles. The van der Waals surface area contributed by atoms with Crippen LogP contribution in [0, 0.1) is 5.41 Å². The van der Waals surface area contributed by atoms with Crippen LogP contribution in [0.3, 0.4) is 0 Å². The third-order valence-corrected chi connectivity index (χ3v) is 6.50. The molecule has 1 spiro atoms. The van der Waals surface area contributed by atoms with E-state index in [1.54, 1.807) is 4.90 Å². The average molecular weight is 396 g/mol. The molecule has 156 valence electrons. The predicted molar refractivity (Wildman–Crippen MR) is 97.0 cm³/mol. The summed E-state index contributed by atoms with van der Waals surface area (Å²) in [6.45, 7) is 2.49. The van der Waals surface area contributed by atoms with Crippen molar-refractivity contribution < 1.29 is 29.4 Å². The molecular formula is C18H28N4O6. The highest BCUT2D eigenvalue weighted by molar-refractivity contribution is 5.91. The van der Waals surface area contributed by atoms with Gasteiger partial charge in [0.25, 0.3) is 0 Å². The van der Waals surface area contributed by atoms with E-state index >= 15 is 0 Å². The highest BCUT2D eigenvalue weighted by atomic mass is 16.4. The first-order valence-corrected chi connectivity index (χ1v) is 9.71. The minimum absolute atomic E-state index is 0.00108. The van der Waals surface area contributed by atoms with Gasteiger partial charge in [0.1, 0.15) is 12.1 Å². The van der Waals surface area contributed by atoms with E-state index in [1.807, 2.05) is 0 Å². The standard InChI is InChI=1S/C18H28N4O6/c1-11-16(26)22(9-8-21(11)17(27)28)12(15(19)25)2-3-14(24)20-7-6-18(4-5-18)13(23)10-20/h11-13,23H,2-10H2,1H3,(H2,19,25)(H,27,28)/t11?,12-,13?/m0/s1. The van der Waals surface area contributed by atoms with Crippen LogP contribution in [0.25, 0.3) is 0 Å². The molecule has 10 nitrogen and oxygen atoms in total. The number of hydrogen-bond acceptors (Lipinski definition) is 5. The summed E-state index contributed by atoms with van der Waals surface area (Å²) in [5, 5.41) is 19.4. The zero-order chi connectivity index (χ0) is 20.6. The van der Waals surface area contributed by atoms with Crippen molar-refractivity contribution in [3.05, 3.63) is 0 Å². The van der Waals surface area contributed by atoms with Crippen molar-refractivity contribution in [2.75, 3.05) is 26.2 Å². The molecule has 28 heavy (non-hydrogen) atoms. The number of rotatable bonds is 5. The number of aliphatic hydroxyl groups excluding tert-OH is 1. The van der Waals surface area contributed by atoms with Crippen LogP contribution in [0.5, 0.6) is 0 Å². The number of carboxylic acid groups (broad SMARTS) is 1. The first-order valence-electron chi connectivity index (χ1n) is 9.71. The molecule has 3 aliphatic rings. The molecular weight excluding hydrogens is 368 g/mol. The first-order chi connectivity index (χ1) is 13.2. The minimum atomic E-state index is -1.19. The number of aliphatic hydroxyl groups is 1. The predicted octanol–water partition coefficient (Wildman–Crippen LogP) is -0.795. The largest absolute Gasteiger partial charge is 0.465 e. The van der Waals surface area contributed by atoms with Gasteiger partial charge < -0.3 is 25.7 Å². The summed E-state index contributed by atoms with van der Waals surface area (Å²) in [6.07, 6.45) is 1.20. The lowest BCUT2D eigenvalue weighted by Crippen LogP contribution is -2.62. The Morgan fingerprint density at radius 1 is 1.21 bits per heavy atom. The van der Waals surface area contributed by atoms with Gasteiger partial charge in [0.2, 0.25) is 17.7 Å². The van der Waals surface area contributed by atoms with Crippen LogP contribution in [-0.2, 0) is 14.4 Å². The Morgan fingerprint density at radius 3 is 2.43 bits per heavy atom. The van der Waals surface area contributed by atoms with Crippen molar-refractivity contribution in [2.45, 2.75) is 57.2 Å². The Hall–Kier alpha value is -2.36. The van der Waals surface area contributed by atoms with Crippen molar-refractivity contribution >= 4 is 23.8 Å². The van der Waals surface area contributed by atoms with E-state index in [2.05, 4.69) is 0 Å². The number of carbonyl (C=O) groups is 4. The Balaban J connectivity index is 1.58. The van der Waals surface area contributed by atoms with Crippen LogP contribution in [0.4, 0.5) is 4.79 Å². The second-order valence-electron chi connectivity index (χ2n) is 8.11. The second kappa shape index (κ2) is 7.57. The maximum absolute atomic E-state index is 12.5. The van der Waals surface area contributed by atoms with Crippen LogP contribution in [0.2, 0.25) is 0 Å². The van der Waals surface area contributed by atoms with Gasteiger partial charge in [-0.1, -0.05) is 0 Å². The monoisotopic (exact) mass is 396 g/mol. The van der Waals surface area contributed by atoms with Crippen LogP contribution >= 0.6 is 0 Å². The Morgan fingerprint density at radius 2 is 1.89 bits per heavy atom. The van der Waals surface area contributed by atoms with E-state index in [9.17, 15) is 24.3 Å². The first kappa shape index (κ1) is 20.4. The van der Waals surface area contributed by atoms with Crippen LogP contribution < -0.4 is 5.73 Å². The highest BCUT2D eigenvalue weighted by Crippen LogP contribution is 2.53. The number of nitrogens with two attached hydrogens (primary N) is 1. The molecule has 3 atom stereocenters. The lowest BCUT2D eigenvalue weighted by molar-refractivity contribution is -0.148. The molecule has 3 fully saturated rings. The average Bonchev–Trinajstić information content (AvgIpc) is 3.41. The van der Waals surface area contributed by atoms with Gasteiger partial charge in [0, 0.05) is 32.6 Å². The molecule has 0 aromatic carbocycles. The van der Waals surface area contributed by atoms with Crippen molar-refractivity contribution in [1.82, 2.24) is 14.7 Å². The van der Waals surface area contributed by atoms with Crippen molar-refractivity contribution in [1.29, 1.82) is 0 Å². The second-order valence-corrected chi connectivity index (χ2v) is 8.11. The zero-order valence-electron chi connectivity index (χ0n) is 16.0. The molecule has 0 aromatic rings.